The summed E-state index contributed by atoms with van der Waals surface area (Å²) in [6.45, 7) is 6.10. The summed E-state index contributed by atoms with van der Waals surface area (Å²) in [6.07, 6.45) is 0. The van der Waals surface area contributed by atoms with E-state index in [-0.39, 0.29) is 5.91 Å². The molecule has 2 nitrogen and oxygen atoms in total. The second kappa shape index (κ2) is 5.77. The van der Waals surface area contributed by atoms with E-state index in [9.17, 15) is 4.79 Å². The molecule has 0 atom stereocenters. The van der Waals surface area contributed by atoms with Gasteiger partial charge >= 0.3 is 0 Å². The van der Waals surface area contributed by atoms with Gasteiger partial charge in [0.25, 0.3) is 5.91 Å². The summed E-state index contributed by atoms with van der Waals surface area (Å²) in [7, 11) is 0. The van der Waals surface area contributed by atoms with Crippen LogP contribution < -0.4 is 5.32 Å². The van der Waals surface area contributed by atoms with E-state index in [1.807, 2.05) is 26.0 Å². The van der Waals surface area contributed by atoms with Gasteiger partial charge < -0.3 is 5.32 Å². The van der Waals surface area contributed by atoms with Crippen molar-refractivity contribution in [2.45, 2.75) is 20.8 Å². The van der Waals surface area contributed by atoms with Crippen molar-refractivity contribution in [3.8, 4) is 0 Å². The fraction of sp³-hybridized carbons (Fsp3) is 0.214. The molecule has 0 unspecified atom stereocenters. The average Bonchev–Trinajstić information content (AvgIpc) is 2.66. The molecule has 0 aliphatic rings. The van der Waals surface area contributed by atoms with E-state index < -0.39 is 0 Å². The maximum absolute atomic E-state index is 12.2. The van der Waals surface area contributed by atoms with Crippen LogP contribution in [0, 0.1) is 20.8 Å². The molecule has 1 aromatic heterocycles. The van der Waals surface area contributed by atoms with Crippen LogP contribution in [0.2, 0.25) is 0 Å². The molecule has 0 saturated carbocycles. The number of amides is 1. The predicted octanol–water partition coefficient (Wildman–Crippen LogP) is 5.45. The Morgan fingerprint density at radius 1 is 1.16 bits per heavy atom. The Hall–Kier alpha value is -0.650. The van der Waals surface area contributed by atoms with Gasteiger partial charge in [-0.1, -0.05) is 6.07 Å². The molecule has 5 heteroatoms. The third-order valence-electron chi connectivity index (χ3n) is 2.93. The molecule has 0 radical (unpaired) electrons. The van der Waals surface area contributed by atoms with Crippen molar-refractivity contribution in [1.29, 1.82) is 0 Å². The summed E-state index contributed by atoms with van der Waals surface area (Å²) in [6, 6.07) is 5.93. The lowest BCUT2D eigenvalue weighted by molar-refractivity contribution is 0.103. The lowest BCUT2D eigenvalue weighted by Gasteiger charge is -2.11. The van der Waals surface area contributed by atoms with Crippen molar-refractivity contribution in [2.75, 3.05) is 5.32 Å². The molecule has 1 amide bonds. The van der Waals surface area contributed by atoms with Crippen molar-refractivity contribution < 1.29 is 4.79 Å². The summed E-state index contributed by atoms with van der Waals surface area (Å²) in [5.41, 5.74) is 4.31. The fourth-order valence-electron chi connectivity index (χ4n) is 1.81. The van der Waals surface area contributed by atoms with Crippen molar-refractivity contribution in [2.24, 2.45) is 0 Å². The molecule has 2 rings (SSSR count). The molecule has 0 aliphatic heterocycles. The van der Waals surface area contributed by atoms with Crippen LogP contribution in [-0.2, 0) is 0 Å². The molecule has 0 bridgehead atoms. The molecule has 2 aromatic rings. The molecule has 0 saturated heterocycles. The SMILES string of the molecule is Cc1cc(C)c(C)c(NC(=O)c2cc(Br)c(Br)s2)c1. The number of hydrogen-bond donors (Lipinski definition) is 1. The molecule has 19 heavy (non-hydrogen) atoms. The Morgan fingerprint density at radius 3 is 2.42 bits per heavy atom. The van der Waals surface area contributed by atoms with Gasteiger partial charge in [0.1, 0.15) is 0 Å². The molecule has 1 heterocycles. The minimum absolute atomic E-state index is 0.0792. The second-order valence-corrected chi connectivity index (χ2v) is 7.67. The van der Waals surface area contributed by atoms with Crippen LogP contribution in [0.1, 0.15) is 26.4 Å². The van der Waals surface area contributed by atoms with Gasteiger partial charge in [-0.05, 0) is 81.5 Å². The summed E-state index contributed by atoms with van der Waals surface area (Å²) in [5, 5.41) is 2.98. The van der Waals surface area contributed by atoms with Gasteiger partial charge in [0.05, 0.1) is 8.66 Å². The fourth-order valence-corrected chi connectivity index (χ4v) is 3.74. The van der Waals surface area contributed by atoms with Gasteiger partial charge in [-0.15, -0.1) is 11.3 Å². The van der Waals surface area contributed by atoms with Crippen LogP contribution in [0.3, 0.4) is 0 Å². The van der Waals surface area contributed by atoms with Crippen LogP contribution in [0.4, 0.5) is 5.69 Å². The lowest BCUT2D eigenvalue weighted by Crippen LogP contribution is -2.11. The Balaban J connectivity index is 2.29. The molecule has 1 N–H and O–H groups in total. The van der Waals surface area contributed by atoms with E-state index >= 15 is 0 Å². The minimum atomic E-state index is -0.0792. The highest BCUT2D eigenvalue weighted by atomic mass is 79.9. The summed E-state index contributed by atoms with van der Waals surface area (Å²) in [4.78, 5) is 12.9. The number of nitrogens with one attached hydrogen (secondary N) is 1. The number of thiophene rings is 1. The van der Waals surface area contributed by atoms with Gasteiger partial charge in [0.2, 0.25) is 0 Å². The molecular formula is C14H13Br2NOS. The van der Waals surface area contributed by atoms with Gasteiger partial charge in [0, 0.05) is 10.2 Å². The number of halogens is 2. The zero-order chi connectivity index (χ0) is 14.2. The normalized spacial score (nSPS) is 10.6. The first kappa shape index (κ1) is 14.8. The summed E-state index contributed by atoms with van der Waals surface area (Å²) >= 11 is 8.20. The zero-order valence-electron chi connectivity index (χ0n) is 10.8. The lowest BCUT2D eigenvalue weighted by atomic mass is 10.0. The van der Waals surface area contributed by atoms with Crippen LogP contribution >= 0.6 is 43.2 Å². The molecule has 0 fully saturated rings. The smallest absolute Gasteiger partial charge is 0.265 e. The number of hydrogen-bond acceptors (Lipinski definition) is 2. The van der Waals surface area contributed by atoms with E-state index in [0.717, 1.165) is 25.1 Å². The quantitative estimate of drug-likeness (QED) is 0.710. The van der Waals surface area contributed by atoms with Crippen LogP contribution in [0.25, 0.3) is 0 Å². The monoisotopic (exact) mass is 401 g/mol. The summed E-state index contributed by atoms with van der Waals surface area (Å²) in [5.74, 6) is -0.0792. The van der Waals surface area contributed by atoms with Crippen molar-refractivity contribution in [3.05, 3.63) is 48.0 Å². The molecule has 0 aliphatic carbocycles. The first-order valence-corrected chi connectivity index (χ1v) is 8.12. The Labute approximate surface area is 133 Å². The number of carbonyl (C=O) groups is 1. The highest BCUT2D eigenvalue weighted by Crippen LogP contribution is 2.33. The number of benzene rings is 1. The highest BCUT2D eigenvalue weighted by Gasteiger charge is 2.13. The first-order chi connectivity index (χ1) is 8.88. The Kier molecular flexibility index (Phi) is 4.48. The van der Waals surface area contributed by atoms with Crippen LogP contribution in [-0.4, -0.2) is 5.91 Å². The van der Waals surface area contributed by atoms with E-state index in [0.29, 0.717) is 4.88 Å². The van der Waals surface area contributed by atoms with Crippen molar-refractivity contribution in [1.82, 2.24) is 0 Å². The van der Waals surface area contributed by atoms with E-state index in [1.165, 1.54) is 16.9 Å². The third kappa shape index (κ3) is 3.27. The number of carbonyl (C=O) groups excluding carboxylic acids is 1. The minimum Gasteiger partial charge on any atom is -0.321 e. The standard InChI is InChI=1S/C14H13Br2NOS/c1-7-4-8(2)9(3)11(5-7)17-14(18)12-6-10(15)13(16)19-12/h4-6H,1-3H3,(H,17,18). The highest BCUT2D eigenvalue weighted by molar-refractivity contribution is 9.13. The van der Waals surface area contributed by atoms with Gasteiger partial charge in [-0.25, -0.2) is 0 Å². The zero-order valence-corrected chi connectivity index (χ0v) is 14.8. The topological polar surface area (TPSA) is 29.1 Å². The molecular weight excluding hydrogens is 390 g/mol. The largest absolute Gasteiger partial charge is 0.321 e. The first-order valence-electron chi connectivity index (χ1n) is 5.72. The van der Waals surface area contributed by atoms with Crippen LogP contribution in [0.15, 0.2) is 26.5 Å². The Bertz CT molecular complexity index is 630. The molecule has 100 valence electrons. The van der Waals surface area contributed by atoms with Crippen molar-refractivity contribution >= 4 is 54.8 Å². The van der Waals surface area contributed by atoms with E-state index in [1.54, 1.807) is 0 Å². The predicted molar refractivity (Wildman–Crippen MR) is 88.3 cm³/mol. The second-order valence-electron chi connectivity index (χ2n) is 4.44. The van der Waals surface area contributed by atoms with Crippen LogP contribution in [0.5, 0.6) is 0 Å². The number of rotatable bonds is 2. The maximum Gasteiger partial charge on any atom is 0.265 e. The average molecular weight is 403 g/mol. The van der Waals surface area contributed by atoms with Crippen molar-refractivity contribution in [3.63, 3.8) is 0 Å². The van der Waals surface area contributed by atoms with Gasteiger partial charge in [-0.3, -0.25) is 4.79 Å². The summed E-state index contributed by atoms with van der Waals surface area (Å²) < 4.78 is 1.83. The molecule has 0 spiro atoms. The molecule has 1 aromatic carbocycles. The maximum atomic E-state index is 12.2. The van der Waals surface area contributed by atoms with Gasteiger partial charge in [0.15, 0.2) is 0 Å². The Morgan fingerprint density at radius 2 is 1.84 bits per heavy atom. The number of anilines is 1. The van der Waals surface area contributed by atoms with E-state index in [4.69, 9.17) is 0 Å². The van der Waals surface area contributed by atoms with E-state index in [2.05, 4.69) is 50.2 Å². The van der Waals surface area contributed by atoms with Gasteiger partial charge in [-0.2, -0.15) is 0 Å². The third-order valence-corrected chi connectivity index (χ3v) is 6.18. The number of aryl methyl sites for hydroxylation is 2.